The highest BCUT2D eigenvalue weighted by Gasteiger charge is 2.37. The van der Waals surface area contributed by atoms with Gasteiger partial charge in [-0.3, -0.25) is 24.1 Å². The largest absolute Gasteiger partial charge is 0.492 e. The molecule has 4 heterocycles. The standard InChI is InChI=1S/C57H68ClN9O9S/c1-35(2)25-45(63-53(69)43(59)26-37-11-7-6-8-12-37)54(70)60-31-49(68)61-41-15-13-38(14-16-41)33-75-56(72)64(4)21-22-65(5)57(73)76-48-29-47-51(50-36(3)34-77-52(48)50)40(30-58)32-67(47)55(71)46-28-39-27-42(17-18-44(39)62-46)74-24-23-66-19-9-10-20-66/h6-8,11-18,27-29,34-35,40,43,45,62H,9-10,19-26,30-33,59H2,1-5H3,(H,60,70)(H,61,68)(H,63,69)/t40-,43+,45+/m1/s1. The minimum Gasteiger partial charge on any atom is -0.492 e. The summed E-state index contributed by atoms with van der Waals surface area (Å²) in [6.45, 7) is 9.75. The quantitative estimate of drug-likeness (QED) is 0.0410. The number of benzene rings is 4. The number of alkyl halides is 1. The highest BCUT2D eigenvalue weighted by Crippen LogP contribution is 2.49. The van der Waals surface area contributed by atoms with E-state index in [4.69, 9.17) is 31.5 Å². The normalized spacial score (nSPS) is 15.0. The van der Waals surface area contributed by atoms with Crippen LogP contribution < -0.4 is 36.1 Å². The molecule has 1 saturated heterocycles. The highest BCUT2D eigenvalue weighted by molar-refractivity contribution is 7.17. The molecular weight excluding hydrogens is 1020 g/mol. The molecule has 18 nitrogen and oxygen atoms in total. The van der Waals surface area contributed by atoms with Crippen molar-refractivity contribution in [3.63, 3.8) is 0 Å². The van der Waals surface area contributed by atoms with Gasteiger partial charge < -0.3 is 55.6 Å². The fraction of sp³-hybridized carbons (Fsp3) is 0.404. The van der Waals surface area contributed by atoms with Crippen LogP contribution in [0.15, 0.2) is 90.3 Å². The smallest absolute Gasteiger partial charge is 0.415 e. The molecule has 8 rings (SSSR count). The lowest BCUT2D eigenvalue weighted by molar-refractivity contribution is -0.130. The van der Waals surface area contributed by atoms with Crippen molar-refractivity contribution >= 4 is 91.1 Å². The van der Waals surface area contributed by atoms with E-state index in [1.807, 2.05) is 80.7 Å². The summed E-state index contributed by atoms with van der Waals surface area (Å²) in [5, 5.41) is 11.9. The van der Waals surface area contributed by atoms with E-state index < -0.39 is 42.0 Å². The molecule has 4 aromatic carbocycles. The van der Waals surface area contributed by atoms with E-state index in [0.29, 0.717) is 54.4 Å². The van der Waals surface area contributed by atoms with Gasteiger partial charge in [0, 0.05) is 80.1 Å². The highest BCUT2D eigenvalue weighted by atomic mass is 35.5. The van der Waals surface area contributed by atoms with Crippen molar-refractivity contribution in [2.24, 2.45) is 11.7 Å². The first-order valence-corrected chi connectivity index (χ1v) is 27.4. The zero-order chi connectivity index (χ0) is 54.8. The molecule has 408 valence electrons. The van der Waals surface area contributed by atoms with Gasteiger partial charge in [0.2, 0.25) is 17.7 Å². The van der Waals surface area contributed by atoms with Gasteiger partial charge in [-0.2, -0.15) is 0 Å². The number of hydrogen-bond acceptors (Lipinski definition) is 12. The van der Waals surface area contributed by atoms with Crippen LogP contribution in [-0.4, -0.2) is 140 Å². The molecule has 3 atom stereocenters. The van der Waals surface area contributed by atoms with Crippen LogP contribution in [0.4, 0.5) is 21.0 Å². The molecule has 1 fully saturated rings. The van der Waals surface area contributed by atoms with Crippen molar-refractivity contribution in [3.05, 3.63) is 118 Å². The Morgan fingerprint density at radius 3 is 2.34 bits per heavy atom. The van der Waals surface area contributed by atoms with E-state index in [2.05, 4.69) is 25.8 Å². The number of carbonyl (C=O) groups excluding carboxylic acids is 6. The summed E-state index contributed by atoms with van der Waals surface area (Å²) in [4.78, 5) is 90.1. The number of likely N-dealkylation sites (N-methyl/N-ethyl adjacent to an activating group) is 2. The van der Waals surface area contributed by atoms with Crippen LogP contribution in [-0.2, 0) is 32.1 Å². The molecule has 6 aromatic rings. The summed E-state index contributed by atoms with van der Waals surface area (Å²) in [5.74, 6) is -0.392. The molecule has 0 spiro atoms. The number of thiophene rings is 1. The number of nitrogens with one attached hydrogen (secondary N) is 4. The number of amides is 6. The maximum absolute atomic E-state index is 14.4. The molecule has 6 N–H and O–H groups in total. The number of aromatic amines is 1. The lowest BCUT2D eigenvalue weighted by Crippen LogP contribution is -2.53. The van der Waals surface area contributed by atoms with Crippen LogP contribution in [0, 0.1) is 12.8 Å². The number of aromatic nitrogens is 1. The van der Waals surface area contributed by atoms with Crippen LogP contribution in [0.1, 0.15) is 71.8 Å². The van der Waals surface area contributed by atoms with Crippen molar-refractivity contribution in [2.45, 2.75) is 71.1 Å². The molecule has 77 heavy (non-hydrogen) atoms. The number of halogens is 1. The van der Waals surface area contributed by atoms with Crippen LogP contribution in [0.5, 0.6) is 11.5 Å². The van der Waals surface area contributed by atoms with E-state index in [1.54, 1.807) is 49.3 Å². The number of anilines is 2. The minimum absolute atomic E-state index is 0.0584. The second-order valence-electron chi connectivity index (χ2n) is 20.2. The number of nitrogens with zero attached hydrogens (tertiary/aromatic N) is 4. The second-order valence-corrected chi connectivity index (χ2v) is 21.4. The molecule has 0 bridgehead atoms. The molecule has 20 heteroatoms. The number of carbonyl (C=O) groups is 6. The zero-order valence-electron chi connectivity index (χ0n) is 44.2. The number of rotatable bonds is 22. The average molecular weight is 1090 g/mol. The predicted molar refractivity (Wildman–Crippen MR) is 300 cm³/mol. The molecule has 0 radical (unpaired) electrons. The summed E-state index contributed by atoms with van der Waals surface area (Å²) in [6.07, 6.45) is 1.86. The molecule has 2 aromatic heterocycles. The molecule has 2 aliphatic heterocycles. The van der Waals surface area contributed by atoms with Gasteiger partial charge >= 0.3 is 12.2 Å². The van der Waals surface area contributed by atoms with Gasteiger partial charge in [0.15, 0.2) is 5.75 Å². The van der Waals surface area contributed by atoms with Gasteiger partial charge in [-0.1, -0.05) is 56.3 Å². The fourth-order valence-corrected chi connectivity index (χ4v) is 10.9. The first kappa shape index (κ1) is 56.0. The maximum Gasteiger partial charge on any atom is 0.415 e. The Bertz CT molecular complexity index is 3070. The number of aryl methyl sites for hydroxylation is 1. The van der Waals surface area contributed by atoms with E-state index in [9.17, 15) is 28.8 Å². The number of likely N-dealkylation sites (tertiary alicyclic amines) is 1. The minimum atomic E-state index is -0.875. The zero-order valence-corrected chi connectivity index (χ0v) is 45.8. The molecule has 6 amide bonds. The number of ether oxygens (including phenoxy) is 3. The molecule has 0 saturated carbocycles. The van der Waals surface area contributed by atoms with E-state index in [0.717, 1.165) is 63.1 Å². The van der Waals surface area contributed by atoms with Crippen molar-refractivity contribution in [1.82, 2.24) is 30.3 Å². The van der Waals surface area contributed by atoms with Gasteiger partial charge in [-0.25, -0.2) is 9.59 Å². The third-order valence-corrected chi connectivity index (χ3v) is 15.3. The third kappa shape index (κ3) is 14.3. The van der Waals surface area contributed by atoms with Crippen LogP contribution in [0.25, 0.3) is 21.0 Å². The number of fused-ring (bicyclic) bond motifs is 4. The van der Waals surface area contributed by atoms with Gasteiger partial charge in [-0.15, -0.1) is 22.9 Å². The molecule has 2 aliphatic rings. The molecular formula is C57H68ClN9O9S. The average Bonchev–Trinajstić information content (AvgIpc) is 4.38. The first-order valence-electron chi connectivity index (χ1n) is 26.0. The number of H-pyrrole nitrogens is 1. The Kier molecular flexibility index (Phi) is 18.7. The SMILES string of the molecule is Cc1csc2c(OC(=O)N(C)CCN(C)C(=O)OCc3ccc(NC(=O)CNC(=O)[C@H](CC(C)C)NC(=O)[C@@H](N)Cc4ccccc4)cc3)cc3c(c12)[C@H](CCl)CN3C(=O)c1cc2cc(OCCN3CCCC3)ccc2[nH]1. The maximum atomic E-state index is 14.4. The van der Waals surface area contributed by atoms with Crippen LogP contribution >= 0.6 is 22.9 Å². The lowest BCUT2D eigenvalue weighted by atomic mass is 9.97. The van der Waals surface area contributed by atoms with Gasteiger partial charge in [0.1, 0.15) is 30.7 Å². The Morgan fingerprint density at radius 1 is 0.896 bits per heavy atom. The van der Waals surface area contributed by atoms with Crippen LogP contribution in [0.2, 0.25) is 0 Å². The second kappa shape index (κ2) is 25.8. The number of nitrogens with two attached hydrogens (primary N) is 1. The third-order valence-electron chi connectivity index (χ3n) is 13.8. The summed E-state index contributed by atoms with van der Waals surface area (Å²) >= 11 is 8.05. The molecule has 0 aliphatic carbocycles. The molecule has 0 unspecified atom stereocenters. The van der Waals surface area contributed by atoms with Crippen molar-refractivity contribution < 1.29 is 43.0 Å². The first-order chi connectivity index (χ1) is 37.0. The van der Waals surface area contributed by atoms with E-state index in [-0.39, 0.29) is 49.9 Å². The van der Waals surface area contributed by atoms with Gasteiger partial charge in [-0.05, 0) is 116 Å². The monoisotopic (exact) mass is 1090 g/mol. The number of hydrogen-bond donors (Lipinski definition) is 5. The summed E-state index contributed by atoms with van der Waals surface area (Å²) in [5.41, 5.74) is 11.9. The lowest BCUT2D eigenvalue weighted by Gasteiger charge is -2.22. The summed E-state index contributed by atoms with van der Waals surface area (Å²) in [7, 11) is 3.14. The topological polar surface area (TPSA) is 221 Å². The van der Waals surface area contributed by atoms with Gasteiger partial charge in [0.05, 0.1) is 23.0 Å². The Morgan fingerprint density at radius 2 is 1.62 bits per heavy atom. The fourth-order valence-electron chi connectivity index (χ4n) is 9.59. The Hall–Kier alpha value is -7.19. The Balaban J connectivity index is 0.802. The van der Waals surface area contributed by atoms with Crippen molar-refractivity contribution in [2.75, 3.05) is 82.6 Å². The summed E-state index contributed by atoms with van der Waals surface area (Å²) in [6, 6.07) is 23.7. The Labute approximate surface area is 457 Å². The summed E-state index contributed by atoms with van der Waals surface area (Å²) < 4.78 is 18.5. The van der Waals surface area contributed by atoms with E-state index >= 15 is 0 Å². The van der Waals surface area contributed by atoms with Crippen LogP contribution in [0.3, 0.4) is 0 Å². The van der Waals surface area contributed by atoms with Gasteiger partial charge in [0.25, 0.3) is 5.91 Å². The van der Waals surface area contributed by atoms with Crippen molar-refractivity contribution in [3.8, 4) is 11.5 Å². The predicted octanol–water partition coefficient (Wildman–Crippen LogP) is 8.00. The van der Waals surface area contributed by atoms with E-state index in [1.165, 1.54) is 34.0 Å². The van der Waals surface area contributed by atoms with Crippen molar-refractivity contribution in [1.29, 1.82) is 0 Å².